The van der Waals surface area contributed by atoms with E-state index in [0.29, 0.717) is 32.8 Å². The summed E-state index contributed by atoms with van der Waals surface area (Å²) in [5, 5.41) is 7.97. The molecule has 23 heavy (non-hydrogen) atoms. The van der Waals surface area contributed by atoms with Gasteiger partial charge in [0.1, 0.15) is 0 Å². The summed E-state index contributed by atoms with van der Waals surface area (Å²) in [7, 11) is 4.60. The number of allylic oxidation sites excluding steroid dienone is 1. The summed E-state index contributed by atoms with van der Waals surface area (Å²) in [5.74, 6) is 0.777. The molecule has 1 aliphatic heterocycles. The Morgan fingerprint density at radius 2 is 1.87 bits per heavy atom. The summed E-state index contributed by atoms with van der Waals surface area (Å²) in [5.41, 5.74) is 1.62. The predicted octanol–water partition coefficient (Wildman–Crippen LogP) is 1.84. The van der Waals surface area contributed by atoms with Crippen molar-refractivity contribution in [2.75, 3.05) is 21.3 Å². The molecule has 0 bridgehead atoms. The van der Waals surface area contributed by atoms with Gasteiger partial charge in [-0.05, 0) is 24.6 Å². The van der Waals surface area contributed by atoms with E-state index in [1.807, 2.05) is 0 Å². The van der Waals surface area contributed by atoms with Gasteiger partial charge in [-0.15, -0.1) is 0 Å². The Morgan fingerprint density at radius 1 is 1.26 bits per heavy atom. The first-order valence-electron chi connectivity index (χ1n) is 6.84. The smallest absolute Gasteiger partial charge is 0.319 e. The van der Waals surface area contributed by atoms with Crippen LogP contribution in [0.15, 0.2) is 27.9 Å². The molecule has 124 valence electrons. The molecule has 0 unspecified atom stereocenters. The SMILES string of the molecule is CNC(=O)C1=C(C)NC(=O)N[C@@H]1c1cc(OC)c(OC)cc1Br. The van der Waals surface area contributed by atoms with Gasteiger partial charge in [0.25, 0.3) is 5.91 Å². The lowest BCUT2D eigenvalue weighted by atomic mass is 9.94. The molecule has 0 saturated heterocycles. The zero-order valence-electron chi connectivity index (χ0n) is 13.2. The maximum absolute atomic E-state index is 12.2. The third kappa shape index (κ3) is 3.26. The molecule has 0 aliphatic carbocycles. The minimum absolute atomic E-state index is 0.276. The largest absolute Gasteiger partial charge is 0.493 e. The Hall–Kier alpha value is -2.22. The number of ether oxygens (including phenoxy) is 2. The predicted molar refractivity (Wildman–Crippen MR) is 88.4 cm³/mol. The van der Waals surface area contributed by atoms with E-state index in [2.05, 4.69) is 31.9 Å². The highest BCUT2D eigenvalue weighted by Gasteiger charge is 2.32. The van der Waals surface area contributed by atoms with Crippen molar-refractivity contribution in [2.24, 2.45) is 0 Å². The summed E-state index contributed by atoms with van der Waals surface area (Å²) in [6.45, 7) is 1.69. The van der Waals surface area contributed by atoms with Gasteiger partial charge in [-0.1, -0.05) is 15.9 Å². The van der Waals surface area contributed by atoms with Gasteiger partial charge >= 0.3 is 6.03 Å². The van der Waals surface area contributed by atoms with E-state index >= 15 is 0 Å². The lowest BCUT2D eigenvalue weighted by Crippen LogP contribution is -2.46. The minimum Gasteiger partial charge on any atom is -0.493 e. The van der Waals surface area contributed by atoms with Gasteiger partial charge in [0.05, 0.1) is 25.8 Å². The molecule has 0 radical (unpaired) electrons. The molecule has 1 aromatic rings. The number of methoxy groups -OCH3 is 2. The summed E-state index contributed by atoms with van der Waals surface area (Å²) in [4.78, 5) is 24.1. The van der Waals surface area contributed by atoms with Crippen LogP contribution in [0.4, 0.5) is 4.79 Å². The maximum Gasteiger partial charge on any atom is 0.319 e. The van der Waals surface area contributed by atoms with Gasteiger partial charge < -0.3 is 25.4 Å². The van der Waals surface area contributed by atoms with Crippen molar-refractivity contribution in [1.29, 1.82) is 0 Å². The van der Waals surface area contributed by atoms with Crippen LogP contribution >= 0.6 is 15.9 Å². The number of hydrogen-bond donors (Lipinski definition) is 3. The number of urea groups is 1. The molecule has 0 aromatic heterocycles. The van der Waals surface area contributed by atoms with Crippen LogP contribution in [-0.4, -0.2) is 33.2 Å². The van der Waals surface area contributed by atoms with Crippen molar-refractivity contribution in [2.45, 2.75) is 13.0 Å². The maximum atomic E-state index is 12.2. The third-order valence-electron chi connectivity index (χ3n) is 3.55. The van der Waals surface area contributed by atoms with Crippen LogP contribution in [0.2, 0.25) is 0 Å². The van der Waals surface area contributed by atoms with E-state index < -0.39 is 6.04 Å². The van der Waals surface area contributed by atoms with Crippen LogP contribution < -0.4 is 25.4 Å². The average Bonchev–Trinajstić information content (AvgIpc) is 2.53. The monoisotopic (exact) mass is 383 g/mol. The number of carbonyl (C=O) groups excluding carboxylic acids is 2. The number of benzene rings is 1. The fourth-order valence-corrected chi connectivity index (χ4v) is 3.01. The zero-order valence-corrected chi connectivity index (χ0v) is 14.8. The van der Waals surface area contributed by atoms with E-state index in [9.17, 15) is 9.59 Å². The Labute approximate surface area is 142 Å². The standard InChI is InChI=1S/C15H18BrN3O4/c1-7-12(14(20)17-2)13(19-15(21)18-7)8-5-10(22-3)11(23-4)6-9(8)16/h5-6,13H,1-4H3,(H,17,20)(H2,18,19,21)/t13-/m1/s1. The molecule has 1 atom stereocenters. The van der Waals surface area contributed by atoms with Crippen molar-refractivity contribution in [3.8, 4) is 11.5 Å². The van der Waals surface area contributed by atoms with Crippen molar-refractivity contribution in [3.05, 3.63) is 33.4 Å². The topological polar surface area (TPSA) is 88.7 Å². The molecule has 0 fully saturated rings. The Kier molecular flexibility index (Phi) is 5.15. The number of amides is 3. The van der Waals surface area contributed by atoms with Crippen LogP contribution in [0.25, 0.3) is 0 Å². The molecule has 1 aliphatic rings. The first-order chi connectivity index (χ1) is 10.9. The molecule has 2 rings (SSSR count). The lowest BCUT2D eigenvalue weighted by molar-refractivity contribution is -0.117. The van der Waals surface area contributed by atoms with Crippen LogP contribution in [0.1, 0.15) is 18.5 Å². The Morgan fingerprint density at radius 3 is 2.43 bits per heavy atom. The fourth-order valence-electron chi connectivity index (χ4n) is 2.45. The second-order valence-electron chi connectivity index (χ2n) is 4.88. The van der Waals surface area contributed by atoms with Crippen molar-refractivity contribution in [3.63, 3.8) is 0 Å². The van der Waals surface area contributed by atoms with Gasteiger partial charge in [0.2, 0.25) is 0 Å². The van der Waals surface area contributed by atoms with Crippen LogP contribution in [0.5, 0.6) is 11.5 Å². The summed E-state index contributed by atoms with van der Waals surface area (Å²) < 4.78 is 11.3. The van der Waals surface area contributed by atoms with Crippen LogP contribution in [0, 0.1) is 0 Å². The fraction of sp³-hybridized carbons (Fsp3) is 0.333. The molecular formula is C15H18BrN3O4. The molecule has 7 nitrogen and oxygen atoms in total. The van der Waals surface area contributed by atoms with Gasteiger partial charge in [0, 0.05) is 17.2 Å². The van der Waals surface area contributed by atoms with E-state index in [0.717, 1.165) is 0 Å². The van der Waals surface area contributed by atoms with E-state index in [-0.39, 0.29) is 11.9 Å². The molecule has 0 saturated carbocycles. The van der Waals surface area contributed by atoms with Crippen molar-refractivity contribution in [1.82, 2.24) is 16.0 Å². The lowest BCUT2D eigenvalue weighted by Gasteiger charge is -2.29. The highest BCUT2D eigenvalue weighted by Crippen LogP contribution is 2.39. The number of hydrogen-bond acceptors (Lipinski definition) is 4. The van der Waals surface area contributed by atoms with Gasteiger partial charge in [0.15, 0.2) is 11.5 Å². The number of rotatable bonds is 4. The quantitative estimate of drug-likeness (QED) is 0.739. The highest BCUT2D eigenvalue weighted by atomic mass is 79.9. The zero-order chi connectivity index (χ0) is 17.1. The first kappa shape index (κ1) is 17.1. The number of nitrogens with one attached hydrogen (secondary N) is 3. The highest BCUT2D eigenvalue weighted by molar-refractivity contribution is 9.10. The molecule has 0 spiro atoms. The van der Waals surface area contributed by atoms with E-state index in [1.54, 1.807) is 26.1 Å². The van der Waals surface area contributed by atoms with E-state index in [4.69, 9.17) is 9.47 Å². The summed E-state index contributed by atoms with van der Waals surface area (Å²) in [6.07, 6.45) is 0. The second-order valence-corrected chi connectivity index (χ2v) is 5.73. The third-order valence-corrected chi connectivity index (χ3v) is 4.24. The van der Waals surface area contributed by atoms with Crippen molar-refractivity contribution >= 4 is 27.9 Å². The van der Waals surface area contributed by atoms with E-state index in [1.165, 1.54) is 14.2 Å². The normalized spacial score (nSPS) is 17.3. The molecule has 3 amide bonds. The summed E-state index contributed by atoms with van der Waals surface area (Å²) in [6, 6.07) is 2.48. The Bertz CT molecular complexity index is 688. The second kappa shape index (κ2) is 6.91. The van der Waals surface area contributed by atoms with Crippen LogP contribution in [-0.2, 0) is 4.79 Å². The molecular weight excluding hydrogens is 366 g/mol. The van der Waals surface area contributed by atoms with Crippen LogP contribution in [0.3, 0.4) is 0 Å². The molecule has 1 aromatic carbocycles. The number of likely N-dealkylation sites (N-methyl/N-ethyl adjacent to an activating group) is 1. The molecule has 8 heteroatoms. The number of halogens is 1. The van der Waals surface area contributed by atoms with Gasteiger partial charge in [-0.3, -0.25) is 4.79 Å². The van der Waals surface area contributed by atoms with Gasteiger partial charge in [-0.25, -0.2) is 4.79 Å². The average molecular weight is 384 g/mol. The number of carbonyl (C=O) groups is 2. The first-order valence-corrected chi connectivity index (χ1v) is 7.64. The summed E-state index contributed by atoms with van der Waals surface area (Å²) >= 11 is 3.46. The minimum atomic E-state index is -0.613. The van der Waals surface area contributed by atoms with Crippen molar-refractivity contribution < 1.29 is 19.1 Å². The Balaban J connectivity index is 2.60. The van der Waals surface area contributed by atoms with Gasteiger partial charge in [-0.2, -0.15) is 0 Å². The molecule has 1 heterocycles. The molecule has 3 N–H and O–H groups in total.